The van der Waals surface area contributed by atoms with Crippen molar-refractivity contribution in [3.8, 4) is 0 Å². The van der Waals surface area contributed by atoms with Crippen molar-refractivity contribution >= 4 is 11.8 Å². The van der Waals surface area contributed by atoms with E-state index in [4.69, 9.17) is 0 Å². The molecule has 1 unspecified atom stereocenters. The minimum atomic E-state index is -0.546. The summed E-state index contributed by atoms with van der Waals surface area (Å²) in [6.45, 7) is 3.93. The number of benzene rings is 1. The monoisotopic (exact) mass is 307 g/mol. The number of nitrogens with one attached hydrogen (secondary N) is 1. The fourth-order valence-corrected chi connectivity index (χ4v) is 2.52. The lowest BCUT2D eigenvalue weighted by Gasteiger charge is -2.35. The van der Waals surface area contributed by atoms with Crippen LogP contribution in [0.1, 0.15) is 18.9 Å². The molecule has 0 aromatic heterocycles. The minimum absolute atomic E-state index is 0.0805. The van der Waals surface area contributed by atoms with Crippen molar-refractivity contribution in [2.45, 2.75) is 25.9 Å². The molecule has 0 spiro atoms. The third kappa shape index (κ3) is 3.82. The second kappa shape index (κ2) is 7.35. The summed E-state index contributed by atoms with van der Waals surface area (Å²) < 4.78 is 13.8. The third-order valence-electron chi connectivity index (χ3n) is 4.04. The summed E-state index contributed by atoms with van der Waals surface area (Å²) in [5.41, 5.74) is 0.540. The van der Waals surface area contributed by atoms with Crippen LogP contribution in [0.3, 0.4) is 0 Å². The highest BCUT2D eigenvalue weighted by atomic mass is 19.1. The summed E-state index contributed by atoms with van der Waals surface area (Å²) in [7, 11) is 1.71. The first-order chi connectivity index (χ1) is 10.5. The van der Waals surface area contributed by atoms with Crippen LogP contribution in [-0.2, 0) is 16.1 Å². The fraction of sp³-hybridized carbons (Fsp3) is 0.500. The molecule has 5 nitrogen and oxygen atoms in total. The molecule has 120 valence electrons. The van der Waals surface area contributed by atoms with Crippen LogP contribution in [0.2, 0.25) is 0 Å². The van der Waals surface area contributed by atoms with Gasteiger partial charge in [-0.05, 0) is 13.0 Å². The van der Waals surface area contributed by atoms with Gasteiger partial charge < -0.3 is 10.2 Å². The molecule has 0 bridgehead atoms. The van der Waals surface area contributed by atoms with Crippen LogP contribution in [0.15, 0.2) is 24.3 Å². The number of carbonyl (C=O) groups is 2. The Morgan fingerprint density at radius 1 is 1.45 bits per heavy atom. The number of hydrogen-bond donors (Lipinski definition) is 1. The average molecular weight is 307 g/mol. The maximum atomic E-state index is 13.8. The van der Waals surface area contributed by atoms with E-state index in [9.17, 15) is 14.0 Å². The summed E-state index contributed by atoms with van der Waals surface area (Å²) in [6.07, 6.45) is 0.116. The highest BCUT2D eigenvalue weighted by molar-refractivity contribution is 5.88. The molecule has 2 amide bonds. The van der Waals surface area contributed by atoms with Gasteiger partial charge in [0.05, 0.1) is 12.5 Å². The van der Waals surface area contributed by atoms with Crippen LogP contribution >= 0.6 is 0 Å². The Morgan fingerprint density at radius 2 is 2.18 bits per heavy atom. The maximum Gasteiger partial charge on any atom is 0.237 e. The second-order valence-electron chi connectivity index (χ2n) is 5.48. The van der Waals surface area contributed by atoms with E-state index in [0.29, 0.717) is 31.7 Å². The molecule has 1 aliphatic rings. The SMILES string of the molecule is CCN(C)C(=O)CC1C(=O)NCCN1Cc1ccccc1F. The minimum Gasteiger partial charge on any atom is -0.353 e. The first kappa shape index (κ1) is 16.4. The van der Waals surface area contributed by atoms with Crippen LogP contribution in [0.5, 0.6) is 0 Å². The van der Waals surface area contributed by atoms with Crippen LogP contribution in [-0.4, -0.2) is 54.3 Å². The van der Waals surface area contributed by atoms with E-state index in [1.165, 1.54) is 6.07 Å². The number of hydrogen-bond acceptors (Lipinski definition) is 3. The van der Waals surface area contributed by atoms with Gasteiger partial charge in [0.25, 0.3) is 0 Å². The van der Waals surface area contributed by atoms with Gasteiger partial charge in [-0.15, -0.1) is 0 Å². The predicted octanol–water partition coefficient (Wildman–Crippen LogP) is 0.995. The van der Waals surface area contributed by atoms with Crippen LogP contribution < -0.4 is 5.32 Å². The number of nitrogens with zero attached hydrogens (tertiary/aromatic N) is 2. The summed E-state index contributed by atoms with van der Waals surface area (Å²) in [5.74, 6) is -0.534. The fourth-order valence-electron chi connectivity index (χ4n) is 2.52. The quantitative estimate of drug-likeness (QED) is 0.883. The highest BCUT2D eigenvalue weighted by Gasteiger charge is 2.32. The molecule has 1 aromatic rings. The molecule has 6 heteroatoms. The lowest BCUT2D eigenvalue weighted by Crippen LogP contribution is -2.56. The lowest BCUT2D eigenvalue weighted by molar-refractivity contribution is -0.138. The first-order valence-corrected chi connectivity index (χ1v) is 7.52. The van der Waals surface area contributed by atoms with Gasteiger partial charge >= 0.3 is 0 Å². The molecule has 0 radical (unpaired) electrons. The third-order valence-corrected chi connectivity index (χ3v) is 4.04. The van der Waals surface area contributed by atoms with E-state index < -0.39 is 6.04 Å². The molecular formula is C16H22FN3O2. The van der Waals surface area contributed by atoms with Crippen LogP contribution in [0.4, 0.5) is 4.39 Å². The van der Waals surface area contributed by atoms with Crippen molar-refractivity contribution in [2.24, 2.45) is 0 Å². The predicted molar refractivity (Wildman–Crippen MR) is 81.5 cm³/mol. The number of halogens is 1. The average Bonchev–Trinajstić information content (AvgIpc) is 2.51. The Kier molecular flexibility index (Phi) is 5.49. The zero-order chi connectivity index (χ0) is 16.1. The Balaban J connectivity index is 2.11. The Bertz CT molecular complexity index is 550. The molecule has 1 atom stereocenters. The van der Waals surface area contributed by atoms with E-state index in [2.05, 4.69) is 5.32 Å². The lowest BCUT2D eigenvalue weighted by atomic mass is 10.1. The van der Waals surface area contributed by atoms with Gasteiger partial charge in [0, 0.05) is 38.8 Å². The molecule has 1 heterocycles. The Hall–Kier alpha value is -1.95. The molecular weight excluding hydrogens is 285 g/mol. The number of carbonyl (C=O) groups excluding carboxylic acids is 2. The topological polar surface area (TPSA) is 52.7 Å². The molecule has 1 saturated heterocycles. The molecule has 1 aromatic carbocycles. The van der Waals surface area contributed by atoms with E-state index in [1.807, 2.05) is 11.8 Å². The summed E-state index contributed by atoms with van der Waals surface area (Å²) in [5, 5.41) is 2.78. The number of rotatable bonds is 5. The van der Waals surface area contributed by atoms with Crippen molar-refractivity contribution in [1.29, 1.82) is 0 Å². The number of piperazine rings is 1. The van der Waals surface area contributed by atoms with Gasteiger partial charge in [-0.25, -0.2) is 4.39 Å². The standard InChI is InChI=1S/C16H22FN3O2/c1-3-19(2)15(21)10-14-16(22)18-8-9-20(14)11-12-6-4-5-7-13(12)17/h4-7,14H,3,8-11H2,1-2H3,(H,18,22). The molecule has 0 saturated carbocycles. The molecule has 0 aliphatic carbocycles. The van der Waals surface area contributed by atoms with Gasteiger partial charge in [0.15, 0.2) is 0 Å². The van der Waals surface area contributed by atoms with E-state index in [0.717, 1.165) is 0 Å². The largest absolute Gasteiger partial charge is 0.353 e. The molecule has 1 aliphatic heterocycles. The van der Waals surface area contributed by atoms with Crippen LogP contribution in [0, 0.1) is 5.82 Å². The van der Waals surface area contributed by atoms with Gasteiger partial charge in [0.2, 0.25) is 11.8 Å². The highest BCUT2D eigenvalue weighted by Crippen LogP contribution is 2.16. The normalized spacial score (nSPS) is 18.9. The van der Waals surface area contributed by atoms with Crippen LogP contribution in [0.25, 0.3) is 0 Å². The molecule has 2 rings (SSSR count). The molecule has 1 N–H and O–H groups in total. The van der Waals surface area contributed by atoms with Gasteiger partial charge in [0.1, 0.15) is 5.82 Å². The Labute approximate surface area is 130 Å². The summed E-state index contributed by atoms with van der Waals surface area (Å²) in [6, 6.07) is 5.98. The van der Waals surface area contributed by atoms with Crippen molar-refractivity contribution in [3.63, 3.8) is 0 Å². The summed E-state index contributed by atoms with van der Waals surface area (Å²) >= 11 is 0. The Morgan fingerprint density at radius 3 is 2.86 bits per heavy atom. The van der Waals surface area contributed by atoms with Crippen molar-refractivity contribution in [2.75, 3.05) is 26.7 Å². The zero-order valence-corrected chi connectivity index (χ0v) is 13.0. The zero-order valence-electron chi connectivity index (χ0n) is 13.0. The van der Waals surface area contributed by atoms with Crippen molar-refractivity contribution in [1.82, 2.24) is 15.1 Å². The van der Waals surface area contributed by atoms with Gasteiger partial charge in [-0.2, -0.15) is 0 Å². The smallest absolute Gasteiger partial charge is 0.237 e. The molecule has 1 fully saturated rings. The van der Waals surface area contributed by atoms with E-state index >= 15 is 0 Å². The number of amides is 2. The maximum absolute atomic E-state index is 13.8. The summed E-state index contributed by atoms with van der Waals surface area (Å²) in [4.78, 5) is 27.7. The first-order valence-electron chi connectivity index (χ1n) is 7.52. The van der Waals surface area contributed by atoms with Crippen molar-refractivity contribution < 1.29 is 14.0 Å². The van der Waals surface area contributed by atoms with Gasteiger partial charge in [-0.1, -0.05) is 18.2 Å². The van der Waals surface area contributed by atoms with Crippen molar-refractivity contribution in [3.05, 3.63) is 35.6 Å². The second-order valence-corrected chi connectivity index (χ2v) is 5.48. The van der Waals surface area contributed by atoms with E-state index in [1.54, 1.807) is 30.1 Å². The van der Waals surface area contributed by atoms with Gasteiger partial charge in [-0.3, -0.25) is 14.5 Å². The molecule has 22 heavy (non-hydrogen) atoms. The van der Waals surface area contributed by atoms with E-state index in [-0.39, 0.29) is 24.1 Å².